The molecule has 86 valence electrons. The standard InChI is InChI=1S/C11H21N3O/c1-3-11-9-13(5-4-12)6-7-14(11)8-10(2)15/h10-11,15H,3,5-9H2,1-2H3/t10-,11+/m1/s1. The lowest BCUT2D eigenvalue weighted by Crippen LogP contribution is -2.54. The highest BCUT2D eigenvalue weighted by Gasteiger charge is 2.25. The van der Waals surface area contributed by atoms with Crippen molar-refractivity contribution in [2.24, 2.45) is 0 Å². The van der Waals surface area contributed by atoms with Crippen LogP contribution in [0.5, 0.6) is 0 Å². The molecule has 0 aromatic rings. The molecule has 0 aromatic carbocycles. The Morgan fingerprint density at radius 1 is 1.53 bits per heavy atom. The number of β-amino-alcohol motifs (C(OH)–C–C–N with tert-alkyl or cyclic N) is 1. The van der Waals surface area contributed by atoms with Gasteiger partial charge in [-0.25, -0.2) is 0 Å². The second-order valence-electron chi connectivity index (χ2n) is 4.30. The second kappa shape index (κ2) is 6.06. The first-order valence-electron chi connectivity index (χ1n) is 5.68. The largest absolute Gasteiger partial charge is 0.392 e. The lowest BCUT2D eigenvalue weighted by Gasteiger charge is -2.40. The molecule has 0 radical (unpaired) electrons. The fourth-order valence-corrected chi connectivity index (χ4v) is 2.17. The van der Waals surface area contributed by atoms with Crippen molar-refractivity contribution >= 4 is 0 Å². The smallest absolute Gasteiger partial charge is 0.0866 e. The van der Waals surface area contributed by atoms with Gasteiger partial charge in [0.1, 0.15) is 0 Å². The molecule has 0 bridgehead atoms. The van der Waals surface area contributed by atoms with Gasteiger partial charge in [-0.3, -0.25) is 9.80 Å². The van der Waals surface area contributed by atoms with E-state index < -0.39 is 0 Å². The lowest BCUT2D eigenvalue weighted by molar-refractivity contribution is 0.0414. The van der Waals surface area contributed by atoms with Gasteiger partial charge in [0.2, 0.25) is 0 Å². The summed E-state index contributed by atoms with van der Waals surface area (Å²) >= 11 is 0. The maximum atomic E-state index is 9.38. The van der Waals surface area contributed by atoms with Crippen molar-refractivity contribution < 1.29 is 5.11 Å². The van der Waals surface area contributed by atoms with E-state index in [0.717, 1.165) is 32.6 Å². The highest BCUT2D eigenvalue weighted by molar-refractivity contribution is 4.86. The van der Waals surface area contributed by atoms with Crippen LogP contribution >= 0.6 is 0 Å². The quantitative estimate of drug-likeness (QED) is 0.679. The first-order chi connectivity index (χ1) is 7.17. The molecule has 4 nitrogen and oxygen atoms in total. The lowest BCUT2D eigenvalue weighted by atomic mass is 10.1. The van der Waals surface area contributed by atoms with Gasteiger partial charge >= 0.3 is 0 Å². The molecule has 15 heavy (non-hydrogen) atoms. The number of piperazine rings is 1. The summed E-state index contributed by atoms with van der Waals surface area (Å²) in [5.41, 5.74) is 0. The molecule has 1 N–H and O–H groups in total. The Morgan fingerprint density at radius 3 is 2.80 bits per heavy atom. The second-order valence-corrected chi connectivity index (χ2v) is 4.30. The van der Waals surface area contributed by atoms with E-state index >= 15 is 0 Å². The first kappa shape index (κ1) is 12.4. The van der Waals surface area contributed by atoms with Crippen molar-refractivity contribution in [2.45, 2.75) is 32.4 Å². The van der Waals surface area contributed by atoms with E-state index in [1.165, 1.54) is 0 Å². The minimum Gasteiger partial charge on any atom is -0.392 e. The molecule has 1 aliphatic rings. The Bertz CT molecular complexity index is 224. The highest BCUT2D eigenvalue weighted by atomic mass is 16.3. The van der Waals surface area contributed by atoms with Crippen LogP contribution in [0.1, 0.15) is 20.3 Å². The van der Waals surface area contributed by atoms with Crippen LogP contribution in [0.2, 0.25) is 0 Å². The summed E-state index contributed by atoms with van der Waals surface area (Å²) in [6.07, 6.45) is 0.816. The van der Waals surface area contributed by atoms with E-state index in [9.17, 15) is 5.11 Å². The Morgan fingerprint density at radius 2 is 2.27 bits per heavy atom. The molecular formula is C11H21N3O. The van der Waals surface area contributed by atoms with E-state index in [1.54, 1.807) is 0 Å². The zero-order valence-electron chi connectivity index (χ0n) is 9.69. The molecular weight excluding hydrogens is 190 g/mol. The maximum Gasteiger partial charge on any atom is 0.0866 e. The third kappa shape index (κ3) is 3.78. The highest BCUT2D eigenvalue weighted by Crippen LogP contribution is 2.12. The molecule has 1 heterocycles. The Balaban J connectivity index is 2.46. The molecule has 2 atom stereocenters. The van der Waals surface area contributed by atoms with Crippen LogP contribution in [0.3, 0.4) is 0 Å². The third-order valence-electron chi connectivity index (χ3n) is 2.95. The minimum absolute atomic E-state index is 0.262. The average Bonchev–Trinajstić information content (AvgIpc) is 2.20. The minimum atomic E-state index is -0.262. The third-order valence-corrected chi connectivity index (χ3v) is 2.95. The molecule has 0 spiro atoms. The molecule has 4 heteroatoms. The molecule has 0 aromatic heterocycles. The Labute approximate surface area is 92.1 Å². The van der Waals surface area contributed by atoms with Crippen LogP contribution in [0.25, 0.3) is 0 Å². The van der Waals surface area contributed by atoms with E-state index in [-0.39, 0.29) is 6.10 Å². The van der Waals surface area contributed by atoms with Gasteiger partial charge in [0.05, 0.1) is 18.7 Å². The number of nitrogens with zero attached hydrogens (tertiary/aromatic N) is 3. The SMILES string of the molecule is CC[C@H]1CN(CC#N)CCN1C[C@@H](C)O. The molecule has 0 unspecified atom stereocenters. The number of hydrogen-bond acceptors (Lipinski definition) is 4. The average molecular weight is 211 g/mol. The van der Waals surface area contributed by atoms with Crippen molar-refractivity contribution in [3.63, 3.8) is 0 Å². The molecule has 1 aliphatic heterocycles. The van der Waals surface area contributed by atoms with Gasteiger partial charge in [-0.1, -0.05) is 6.92 Å². The zero-order chi connectivity index (χ0) is 11.3. The van der Waals surface area contributed by atoms with Crippen LogP contribution < -0.4 is 0 Å². The van der Waals surface area contributed by atoms with E-state index in [0.29, 0.717) is 12.6 Å². The van der Waals surface area contributed by atoms with Gasteiger partial charge in [-0.2, -0.15) is 5.26 Å². The molecule has 1 saturated heterocycles. The van der Waals surface area contributed by atoms with Crippen LogP contribution in [-0.2, 0) is 0 Å². The summed E-state index contributed by atoms with van der Waals surface area (Å²) in [7, 11) is 0. The fraction of sp³-hybridized carbons (Fsp3) is 0.909. The summed E-state index contributed by atoms with van der Waals surface area (Å²) < 4.78 is 0. The predicted molar refractivity (Wildman–Crippen MR) is 59.4 cm³/mol. The van der Waals surface area contributed by atoms with Crippen LogP contribution in [-0.4, -0.2) is 59.8 Å². The van der Waals surface area contributed by atoms with Crippen LogP contribution in [0, 0.1) is 11.3 Å². The van der Waals surface area contributed by atoms with Crippen molar-refractivity contribution in [1.29, 1.82) is 5.26 Å². The Kier molecular flexibility index (Phi) is 5.03. The molecule has 1 fully saturated rings. The van der Waals surface area contributed by atoms with Gasteiger partial charge in [0.25, 0.3) is 0 Å². The summed E-state index contributed by atoms with van der Waals surface area (Å²) in [6, 6.07) is 2.68. The monoisotopic (exact) mass is 211 g/mol. The van der Waals surface area contributed by atoms with Crippen molar-refractivity contribution in [3.05, 3.63) is 0 Å². The summed E-state index contributed by atoms with van der Waals surface area (Å²) in [4.78, 5) is 4.52. The maximum absolute atomic E-state index is 9.38. The van der Waals surface area contributed by atoms with Gasteiger partial charge in [-0.05, 0) is 13.3 Å². The molecule has 0 aliphatic carbocycles. The number of aliphatic hydroxyl groups excluding tert-OH is 1. The topological polar surface area (TPSA) is 50.5 Å². The number of aliphatic hydroxyl groups is 1. The van der Waals surface area contributed by atoms with Gasteiger partial charge in [0.15, 0.2) is 0 Å². The Hall–Kier alpha value is -0.630. The van der Waals surface area contributed by atoms with E-state index in [4.69, 9.17) is 5.26 Å². The number of nitriles is 1. The summed E-state index contributed by atoms with van der Waals surface area (Å²) in [5, 5.41) is 18.0. The first-order valence-corrected chi connectivity index (χ1v) is 5.68. The number of rotatable bonds is 4. The molecule has 0 saturated carbocycles. The van der Waals surface area contributed by atoms with Crippen molar-refractivity contribution in [2.75, 3.05) is 32.7 Å². The van der Waals surface area contributed by atoms with Gasteiger partial charge in [0, 0.05) is 32.2 Å². The van der Waals surface area contributed by atoms with Crippen molar-refractivity contribution in [3.8, 4) is 6.07 Å². The van der Waals surface area contributed by atoms with Gasteiger partial charge < -0.3 is 5.11 Å². The molecule has 0 amide bonds. The van der Waals surface area contributed by atoms with Crippen LogP contribution in [0.15, 0.2) is 0 Å². The predicted octanol–water partition coefficient (Wildman–Crippen LogP) is 0.287. The summed E-state index contributed by atoms with van der Waals surface area (Å²) in [6.45, 7) is 8.13. The fourth-order valence-electron chi connectivity index (χ4n) is 2.17. The number of hydrogen-bond donors (Lipinski definition) is 1. The summed E-state index contributed by atoms with van der Waals surface area (Å²) in [5.74, 6) is 0. The normalized spacial score (nSPS) is 26.1. The molecule has 1 rings (SSSR count). The zero-order valence-corrected chi connectivity index (χ0v) is 9.69. The van der Waals surface area contributed by atoms with E-state index in [1.807, 2.05) is 6.92 Å². The van der Waals surface area contributed by atoms with E-state index in [2.05, 4.69) is 22.8 Å². The van der Waals surface area contributed by atoms with Crippen LogP contribution in [0.4, 0.5) is 0 Å². The van der Waals surface area contributed by atoms with Crippen molar-refractivity contribution in [1.82, 2.24) is 9.80 Å². The van der Waals surface area contributed by atoms with Gasteiger partial charge in [-0.15, -0.1) is 0 Å².